The number of aliphatic hydroxyl groups is 1. The lowest BCUT2D eigenvalue weighted by molar-refractivity contribution is -0.938. The largest absolute Gasteiger partial charge is 0.507 e. The molecule has 3 saturated heterocycles. The van der Waals surface area contributed by atoms with Crippen molar-refractivity contribution in [3.8, 4) is 5.75 Å². The molecule has 3 aliphatic heterocycles. The number of fused-ring (bicyclic) bond motifs is 5. The third kappa shape index (κ3) is 4.96. The lowest BCUT2D eigenvalue weighted by Gasteiger charge is -2.45. The van der Waals surface area contributed by atoms with Crippen LogP contribution >= 0.6 is 39.7 Å². The molecule has 5 heterocycles. The monoisotopic (exact) mass is 610 g/mol. The third-order valence-corrected chi connectivity index (χ3v) is 9.45. The van der Waals surface area contributed by atoms with E-state index in [4.69, 9.17) is 19.7 Å². The van der Waals surface area contributed by atoms with Crippen LogP contribution in [0.2, 0.25) is 0 Å². The van der Waals surface area contributed by atoms with Crippen molar-refractivity contribution in [1.82, 2.24) is 0 Å². The first-order valence-corrected chi connectivity index (χ1v) is 13.4. The van der Waals surface area contributed by atoms with Crippen molar-refractivity contribution in [2.75, 3.05) is 14.1 Å². The van der Waals surface area contributed by atoms with Crippen LogP contribution < -0.4 is 0 Å². The number of halogens is 1. The number of likely N-dealkylation sites (N-methyl/N-ethyl adjacent to an activating group) is 1. The number of rotatable bonds is 5. The molecule has 6 rings (SSSR count). The lowest BCUT2D eigenvalue weighted by atomic mass is 9.95. The van der Waals surface area contributed by atoms with Gasteiger partial charge in [-0.1, -0.05) is 24.3 Å². The Hall–Kier alpha value is -2.28. The number of quaternary nitrogens is 1. The standard InChI is InChI=1S/C19H22NO4S2.C7H6O3.BrH/c1-20(2)12-9-11(10-13(20)17-16(12)24-17)23-18(21)19(22,14-5-3-7-25-14)15-6-4-8-26-15;8-6-4-2-1-3-5(6)7(9)10;/h3-8,11-13,16-17,22H,9-10H2,1-2H3;1-4,8H,(H,9,10);1H/q+1;;/t11?,12-,13+,16-,17+;;. The summed E-state index contributed by atoms with van der Waals surface area (Å²) in [5, 5.41) is 32.4. The van der Waals surface area contributed by atoms with Crippen LogP contribution in [0.4, 0.5) is 0 Å². The second-order valence-electron chi connectivity index (χ2n) is 9.82. The first kappa shape index (κ1) is 27.7. The minimum Gasteiger partial charge on any atom is -0.507 e. The Morgan fingerprint density at radius 1 is 0.973 bits per heavy atom. The van der Waals surface area contributed by atoms with E-state index in [0.29, 0.717) is 34.0 Å². The number of morpholine rings is 1. The van der Waals surface area contributed by atoms with Gasteiger partial charge in [0.15, 0.2) is 0 Å². The van der Waals surface area contributed by atoms with Gasteiger partial charge in [-0.2, -0.15) is 0 Å². The van der Waals surface area contributed by atoms with Crippen molar-refractivity contribution in [1.29, 1.82) is 0 Å². The number of esters is 1. The highest BCUT2D eigenvalue weighted by molar-refractivity contribution is 8.93. The topological polar surface area (TPSA) is 117 Å². The Morgan fingerprint density at radius 3 is 1.95 bits per heavy atom. The van der Waals surface area contributed by atoms with Gasteiger partial charge in [-0.15, -0.1) is 39.7 Å². The molecule has 0 amide bonds. The Balaban J connectivity index is 0.000000248. The quantitative estimate of drug-likeness (QED) is 0.227. The maximum atomic E-state index is 13.1. The zero-order valence-electron chi connectivity index (χ0n) is 20.2. The van der Waals surface area contributed by atoms with E-state index in [1.807, 2.05) is 22.9 Å². The van der Waals surface area contributed by atoms with E-state index in [0.717, 1.165) is 17.3 Å². The number of carboxylic acid groups (broad SMARTS) is 1. The van der Waals surface area contributed by atoms with Crippen molar-refractivity contribution in [3.63, 3.8) is 0 Å². The van der Waals surface area contributed by atoms with Gasteiger partial charge < -0.3 is 29.3 Å². The second kappa shape index (κ2) is 10.5. The fourth-order valence-corrected chi connectivity index (χ4v) is 7.20. The average molecular weight is 612 g/mol. The number of hydrogen-bond acceptors (Lipinski definition) is 8. The van der Waals surface area contributed by atoms with Crippen molar-refractivity contribution in [2.45, 2.75) is 48.8 Å². The number of epoxide rings is 1. The zero-order chi connectivity index (χ0) is 25.7. The van der Waals surface area contributed by atoms with Gasteiger partial charge in [0.05, 0.1) is 23.8 Å². The van der Waals surface area contributed by atoms with Crippen molar-refractivity contribution in [2.24, 2.45) is 0 Å². The van der Waals surface area contributed by atoms with Crippen LogP contribution in [0.1, 0.15) is 33.0 Å². The Kier molecular flexibility index (Phi) is 7.85. The van der Waals surface area contributed by atoms with Crippen molar-refractivity contribution in [3.05, 3.63) is 74.6 Å². The lowest BCUT2D eigenvalue weighted by Crippen LogP contribution is -2.60. The SMILES string of the molecule is Br.C[N+]1(C)[C@@H]2CC(OC(=O)C(O)(c3cccs3)c3cccs3)C[C@H]1[C@@H]1O[C@@H]12.O=C(O)c1ccccc1O. The number of hydrogen-bond donors (Lipinski definition) is 3. The summed E-state index contributed by atoms with van der Waals surface area (Å²) in [5.74, 6) is -1.87. The average Bonchev–Trinajstić information content (AvgIpc) is 3.18. The maximum absolute atomic E-state index is 13.1. The highest BCUT2D eigenvalue weighted by Gasteiger charge is 2.71. The summed E-state index contributed by atoms with van der Waals surface area (Å²) in [4.78, 5) is 24.6. The van der Waals surface area contributed by atoms with Gasteiger partial charge in [-0.25, -0.2) is 9.59 Å². The van der Waals surface area contributed by atoms with Crippen molar-refractivity contribution >= 4 is 51.6 Å². The van der Waals surface area contributed by atoms with Gasteiger partial charge in [0.25, 0.3) is 0 Å². The Morgan fingerprint density at radius 2 is 1.51 bits per heavy atom. The van der Waals surface area contributed by atoms with Crippen LogP contribution in [0.15, 0.2) is 59.3 Å². The molecule has 2 bridgehead atoms. The number of thiophene rings is 2. The highest BCUT2D eigenvalue weighted by Crippen LogP contribution is 2.52. The molecule has 1 unspecified atom stereocenters. The number of carboxylic acids is 1. The van der Waals surface area contributed by atoms with Crippen LogP contribution in [0.25, 0.3) is 0 Å². The van der Waals surface area contributed by atoms with E-state index >= 15 is 0 Å². The zero-order valence-corrected chi connectivity index (χ0v) is 23.6. The molecule has 3 aromatic rings. The van der Waals surface area contributed by atoms with Crippen LogP contribution in [0.3, 0.4) is 0 Å². The van der Waals surface area contributed by atoms with E-state index in [1.54, 1.807) is 24.3 Å². The number of piperidine rings is 1. The smallest absolute Gasteiger partial charge is 0.349 e. The second-order valence-corrected chi connectivity index (χ2v) is 11.7. The fraction of sp³-hybridized carbons (Fsp3) is 0.385. The predicted molar refractivity (Wildman–Crippen MR) is 144 cm³/mol. The number of benzene rings is 1. The van der Waals surface area contributed by atoms with Crippen molar-refractivity contribution < 1.29 is 38.9 Å². The Bertz CT molecular complexity index is 1190. The first-order chi connectivity index (χ1) is 17.1. The summed E-state index contributed by atoms with van der Waals surface area (Å²) in [5.41, 5.74) is -1.79. The molecule has 3 fully saturated rings. The number of phenols is 1. The van der Waals surface area contributed by atoms with E-state index in [-0.39, 0.29) is 34.4 Å². The molecule has 37 heavy (non-hydrogen) atoms. The molecule has 5 atom stereocenters. The molecule has 0 radical (unpaired) electrons. The van der Waals surface area contributed by atoms with Crippen LogP contribution in [0, 0.1) is 0 Å². The molecule has 3 aliphatic rings. The molecule has 0 saturated carbocycles. The molecule has 198 valence electrons. The molecule has 0 aliphatic carbocycles. The summed E-state index contributed by atoms with van der Waals surface area (Å²) in [7, 11) is 4.49. The number of carbonyl (C=O) groups is 2. The number of aromatic carboxylic acids is 1. The molecule has 3 N–H and O–H groups in total. The number of carbonyl (C=O) groups excluding carboxylic acids is 1. The summed E-state index contributed by atoms with van der Waals surface area (Å²) >= 11 is 2.74. The number of para-hydroxylation sites is 1. The third-order valence-electron chi connectivity index (χ3n) is 7.50. The van der Waals surface area contributed by atoms with Crippen LogP contribution in [-0.2, 0) is 19.9 Å². The van der Waals surface area contributed by atoms with E-state index in [1.165, 1.54) is 34.8 Å². The Labute approximate surface area is 233 Å². The van der Waals surface area contributed by atoms with E-state index in [2.05, 4.69) is 14.1 Å². The number of ether oxygens (including phenoxy) is 2. The van der Waals surface area contributed by atoms with E-state index in [9.17, 15) is 14.7 Å². The van der Waals surface area contributed by atoms with Gasteiger partial charge in [-0.3, -0.25) is 0 Å². The fourth-order valence-electron chi connectivity index (χ4n) is 5.48. The normalized spacial score (nSPS) is 26.6. The summed E-state index contributed by atoms with van der Waals surface area (Å²) in [6, 6.07) is 13.8. The number of nitrogens with zero attached hydrogens (tertiary/aromatic N) is 1. The van der Waals surface area contributed by atoms with E-state index < -0.39 is 17.5 Å². The van der Waals surface area contributed by atoms with Crippen LogP contribution in [0.5, 0.6) is 5.75 Å². The first-order valence-electron chi connectivity index (χ1n) is 11.7. The summed E-state index contributed by atoms with van der Waals surface area (Å²) in [6.45, 7) is 0. The van der Waals surface area contributed by atoms with Gasteiger partial charge in [0.2, 0.25) is 5.60 Å². The van der Waals surface area contributed by atoms with Gasteiger partial charge in [0, 0.05) is 12.8 Å². The molecular formula is C26H29BrNO7S2+. The number of aromatic hydroxyl groups is 1. The predicted octanol–water partition coefficient (Wildman–Crippen LogP) is 4.01. The highest BCUT2D eigenvalue weighted by atomic mass is 79.9. The molecule has 2 aromatic heterocycles. The minimum absolute atomic E-state index is 0. The molecular weight excluding hydrogens is 582 g/mol. The molecule has 11 heteroatoms. The maximum Gasteiger partial charge on any atom is 0.349 e. The molecule has 8 nitrogen and oxygen atoms in total. The minimum atomic E-state index is -1.72. The van der Waals surface area contributed by atoms with Gasteiger partial charge >= 0.3 is 11.9 Å². The summed E-state index contributed by atoms with van der Waals surface area (Å²) < 4.78 is 12.6. The molecule has 1 aromatic carbocycles. The van der Waals surface area contributed by atoms with Gasteiger partial charge in [-0.05, 0) is 35.0 Å². The van der Waals surface area contributed by atoms with Gasteiger partial charge in [0.1, 0.15) is 41.7 Å². The summed E-state index contributed by atoms with van der Waals surface area (Å²) in [6.07, 6.45) is 2.05. The molecule has 0 spiro atoms. The van der Waals surface area contributed by atoms with Crippen LogP contribution in [-0.4, -0.2) is 76.2 Å².